The van der Waals surface area contributed by atoms with Crippen LogP contribution in [0.1, 0.15) is 77.3 Å². The summed E-state index contributed by atoms with van der Waals surface area (Å²) in [6, 6.07) is 11.1. The summed E-state index contributed by atoms with van der Waals surface area (Å²) in [6.07, 6.45) is 6.91. The highest BCUT2D eigenvalue weighted by Crippen LogP contribution is 2.30. The van der Waals surface area contributed by atoms with E-state index >= 15 is 0 Å². The lowest BCUT2D eigenvalue weighted by atomic mass is 9.95. The Labute approximate surface area is 189 Å². The number of carbonyl (C=O) groups excluding carboxylic acids is 3. The van der Waals surface area contributed by atoms with E-state index in [1.54, 1.807) is 23.1 Å². The third kappa shape index (κ3) is 4.69. The molecule has 0 spiro atoms. The first-order valence-corrected chi connectivity index (χ1v) is 11.6. The van der Waals surface area contributed by atoms with Crippen molar-refractivity contribution in [3.8, 4) is 0 Å². The van der Waals surface area contributed by atoms with Crippen molar-refractivity contribution in [1.29, 1.82) is 0 Å². The normalized spacial score (nSPS) is 15.9. The molecule has 2 aliphatic rings. The van der Waals surface area contributed by atoms with Crippen LogP contribution in [-0.2, 0) is 11.2 Å². The molecule has 2 aromatic rings. The minimum Gasteiger partial charge on any atom is -0.349 e. The van der Waals surface area contributed by atoms with Crippen molar-refractivity contribution < 1.29 is 14.4 Å². The number of hydrogen-bond donors (Lipinski definition) is 2. The zero-order valence-corrected chi connectivity index (χ0v) is 18.9. The zero-order chi connectivity index (χ0) is 22.7. The van der Waals surface area contributed by atoms with Crippen LogP contribution in [0.15, 0.2) is 36.4 Å². The highest BCUT2D eigenvalue weighted by molar-refractivity contribution is 6.06. The Hall–Kier alpha value is -3.15. The molecule has 0 radical (unpaired) electrons. The molecule has 1 aliphatic carbocycles. The van der Waals surface area contributed by atoms with Crippen LogP contribution in [0.4, 0.5) is 11.4 Å². The van der Waals surface area contributed by atoms with Crippen molar-refractivity contribution in [2.24, 2.45) is 0 Å². The molecule has 0 saturated heterocycles. The van der Waals surface area contributed by atoms with E-state index in [4.69, 9.17) is 0 Å². The molecular weight excluding hydrogens is 402 g/mol. The van der Waals surface area contributed by atoms with E-state index in [2.05, 4.69) is 10.6 Å². The maximum Gasteiger partial charge on any atom is 0.255 e. The molecule has 3 amide bonds. The van der Waals surface area contributed by atoms with Crippen molar-refractivity contribution in [2.45, 2.75) is 64.8 Å². The number of hydrogen-bond acceptors (Lipinski definition) is 3. The largest absolute Gasteiger partial charge is 0.349 e. The van der Waals surface area contributed by atoms with Crippen molar-refractivity contribution in [3.05, 3.63) is 58.7 Å². The lowest BCUT2D eigenvalue weighted by molar-refractivity contribution is -0.118. The summed E-state index contributed by atoms with van der Waals surface area (Å²) < 4.78 is 0. The van der Waals surface area contributed by atoms with Crippen LogP contribution >= 0.6 is 0 Å². The molecule has 1 heterocycles. The molecule has 1 aliphatic heterocycles. The van der Waals surface area contributed by atoms with Gasteiger partial charge in [0, 0.05) is 41.5 Å². The second-order valence-corrected chi connectivity index (χ2v) is 8.78. The number of nitrogens with one attached hydrogen (secondary N) is 2. The molecular formula is C26H31N3O3. The third-order valence-electron chi connectivity index (χ3n) is 6.52. The summed E-state index contributed by atoms with van der Waals surface area (Å²) in [5.41, 5.74) is 4.63. The van der Waals surface area contributed by atoms with Gasteiger partial charge in [-0.2, -0.15) is 0 Å². The number of amides is 3. The van der Waals surface area contributed by atoms with Crippen LogP contribution in [0.5, 0.6) is 0 Å². The van der Waals surface area contributed by atoms with Gasteiger partial charge in [-0.15, -0.1) is 0 Å². The number of aryl methyl sites for hydroxylation is 1. The average molecular weight is 434 g/mol. The zero-order valence-electron chi connectivity index (χ0n) is 18.9. The highest BCUT2D eigenvalue weighted by atomic mass is 16.2. The molecule has 0 bridgehead atoms. The SMILES string of the molecule is CCC(=O)N1CCc2cc(C(=O)Nc3ccc(C(=O)NC4CCCCC4)cc3C)ccc21. The second kappa shape index (κ2) is 9.55. The first-order valence-electron chi connectivity index (χ1n) is 11.6. The van der Waals surface area contributed by atoms with Gasteiger partial charge in [-0.3, -0.25) is 14.4 Å². The second-order valence-electron chi connectivity index (χ2n) is 8.78. The van der Waals surface area contributed by atoms with Crippen molar-refractivity contribution in [3.63, 3.8) is 0 Å². The van der Waals surface area contributed by atoms with Gasteiger partial charge in [0.1, 0.15) is 0 Å². The van der Waals surface area contributed by atoms with E-state index in [9.17, 15) is 14.4 Å². The summed E-state index contributed by atoms with van der Waals surface area (Å²) in [7, 11) is 0. The Morgan fingerprint density at radius 2 is 1.69 bits per heavy atom. The van der Waals surface area contributed by atoms with Gasteiger partial charge >= 0.3 is 0 Å². The maximum absolute atomic E-state index is 12.8. The summed E-state index contributed by atoms with van der Waals surface area (Å²) >= 11 is 0. The molecule has 0 atom stereocenters. The van der Waals surface area contributed by atoms with Crippen LogP contribution in [-0.4, -0.2) is 30.3 Å². The van der Waals surface area contributed by atoms with E-state index in [0.717, 1.165) is 36.1 Å². The monoisotopic (exact) mass is 433 g/mol. The minimum absolute atomic E-state index is 0.0531. The fourth-order valence-electron chi connectivity index (χ4n) is 4.65. The third-order valence-corrected chi connectivity index (χ3v) is 6.52. The quantitative estimate of drug-likeness (QED) is 0.723. The molecule has 1 fully saturated rings. The average Bonchev–Trinajstić information content (AvgIpc) is 3.23. The molecule has 2 aromatic carbocycles. The van der Waals surface area contributed by atoms with Crippen molar-refractivity contribution >= 4 is 29.1 Å². The fraction of sp³-hybridized carbons (Fsp3) is 0.423. The molecule has 4 rings (SSSR count). The Morgan fingerprint density at radius 1 is 0.969 bits per heavy atom. The van der Waals surface area contributed by atoms with Crippen LogP contribution in [0, 0.1) is 6.92 Å². The minimum atomic E-state index is -0.199. The smallest absolute Gasteiger partial charge is 0.255 e. The van der Waals surface area contributed by atoms with Gasteiger partial charge < -0.3 is 15.5 Å². The van der Waals surface area contributed by atoms with Gasteiger partial charge in [0.05, 0.1) is 0 Å². The van der Waals surface area contributed by atoms with Crippen LogP contribution in [0.25, 0.3) is 0 Å². The van der Waals surface area contributed by atoms with Gasteiger partial charge in [0.15, 0.2) is 0 Å². The Morgan fingerprint density at radius 3 is 2.41 bits per heavy atom. The number of fused-ring (bicyclic) bond motifs is 1. The molecule has 1 saturated carbocycles. The van der Waals surface area contributed by atoms with Crippen molar-refractivity contribution in [1.82, 2.24) is 5.32 Å². The van der Waals surface area contributed by atoms with Crippen LogP contribution in [0.2, 0.25) is 0 Å². The van der Waals surface area contributed by atoms with Crippen LogP contribution < -0.4 is 15.5 Å². The molecule has 6 nitrogen and oxygen atoms in total. The van der Waals surface area contributed by atoms with E-state index in [-0.39, 0.29) is 23.8 Å². The van der Waals surface area contributed by atoms with E-state index in [0.29, 0.717) is 29.8 Å². The molecule has 6 heteroatoms. The fourth-order valence-corrected chi connectivity index (χ4v) is 4.65. The number of nitrogens with zero attached hydrogens (tertiary/aromatic N) is 1. The first kappa shape index (κ1) is 22.1. The molecule has 168 valence electrons. The summed E-state index contributed by atoms with van der Waals surface area (Å²) in [4.78, 5) is 39.3. The molecule has 2 N–H and O–H groups in total. The van der Waals surface area contributed by atoms with E-state index < -0.39 is 0 Å². The van der Waals surface area contributed by atoms with Gasteiger partial charge in [0.25, 0.3) is 11.8 Å². The number of anilines is 2. The van der Waals surface area contributed by atoms with Gasteiger partial charge in [-0.1, -0.05) is 26.2 Å². The maximum atomic E-state index is 12.8. The topological polar surface area (TPSA) is 78.5 Å². The van der Waals surface area contributed by atoms with Gasteiger partial charge in [-0.05, 0) is 73.7 Å². The van der Waals surface area contributed by atoms with E-state index in [1.807, 2.05) is 32.0 Å². The Balaban J connectivity index is 1.42. The van der Waals surface area contributed by atoms with Gasteiger partial charge in [0.2, 0.25) is 5.91 Å². The Kier molecular flexibility index (Phi) is 6.58. The first-order chi connectivity index (χ1) is 15.5. The van der Waals surface area contributed by atoms with Crippen LogP contribution in [0.3, 0.4) is 0 Å². The molecule has 0 unspecified atom stereocenters. The summed E-state index contributed by atoms with van der Waals surface area (Å²) in [6.45, 7) is 4.41. The molecule has 32 heavy (non-hydrogen) atoms. The standard InChI is InChI=1S/C26H31N3O3/c1-3-24(30)29-14-13-18-16-20(10-12-23(18)29)26(32)28-22-11-9-19(15-17(22)2)25(31)27-21-7-5-4-6-8-21/h9-12,15-16,21H,3-8,13-14H2,1-2H3,(H,27,31)(H,28,32). The Bertz CT molecular complexity index is 1040. The predicted molar refractivity (Wildman–Crippen MR) is 126 cm³/mol. The van der Waals surface area contributed by atoms with E-state index in [1.165, 1.54) is 19.3 Å². The predicted octanol–water partition coefficient (Wildman–Crippen LogP) is 4.61. The highest BCUT2D eigenvalue weighted by Gasteiger charge is 2.24. The summed E-state index contributed by atoms with van der Waals surface area (Å²) in [5.74, 6) is -0.151. The van der Waals surface area contributed by atoms with Gasteiger partial charge in [-0.25, -0.2) is 0 Å². The number of carbonyl (C=O) groups is 3. The number of benzene rings is 2. The summed E-state index contributed by atoms with van der Waals surface area (Å²) in [5, 5.41) is 6.09. The lowest BCUT2D eigenvalue weighted by Gasteiger charge is -2.23. The van der Waals surface area contributed by atoms with Crippen molar-refractivity contribution in [2.75, 3.05) is 16.8 Å². The number of rotatable bonds is 5. The lowest BCUT2D eigenvalue weighted by Crippen LogP contribution is -2.36. The molecule has 0 aromatic heterocycles.